The summed E-state index contributed by atoms with van der Waals surface area (Å²) in [6, 6.07) is 0. The van der Waals surface area contributed by atoms with E-state index >= 15 is 0 Å². The zero-order chi connectivity index (χ0) is 19.1. The largest absolute Gasteiger partial charge is 0.353 e. The zero-order valence-electron chi connectivity index (χ0n) is 17.2. The highest BCUT2D eigenvalue weighted by molar-refractivity contribution is 5.84. The Labute approximate surface area is 164 Å². The van der Waals surface area contributed by atoms with Gasteiger partial charge in [-0.15, -0.1) is 0 Å². The van der Waals surface area contributed by atoms with Crippen molar-refractivity contribution < 1.29 is 9.59 Å². The van der Waals surface area contributed by atoms with Crippen LogP contribution in [0.4, 0.5) is 0 Å². The highest BCUT2D eigenvalue weighted by Crippen LogP contribution is 2.30. The molecule has 0 saturated carbocycles. The van der Waals surface area contributed by atoms with Gasteiger partial charge in [0.1, 0.15) is 0 Å². The molecule has 6 heteroatoms. The fourth-order valence-electron chi connectivity index (χ4n) is 4.88. The summed E-state index contributed by atoms with van der Waals surface area (Å²) in [6.07, 6.45) is 11.0. The lowest BCUT2D eigenvalue weighted by atomic mass is 9.84. The van der Waals surface area contributed by atoms with Crippen LogP contribution < -0.4 is 5.32 Å². The lowest BCUT2D eigenvalue weighted by molar-refractivity contribution is -0.136. The third-order valence-corrected chi connectivity index (χ3v) is 6.82. The zero-order valence-corrected chi connectivity index (χ0v) is 17.2. The number of hydrogen-bond acceptors (Lipinski definition) is 4. The van der Waals surface area contributed by atoms with Crippen molar-refractivity contribution in [2.75, 3.05) is 52.9 Å². The maximum absolute atomic E-state index is 12.7. The van der Waals surface area contributed by atoms with Gasteiger partial charge in [0, 0.05) is 25.0 Å². The Morgan fingerprint density at radius 2 is 1.56 bits per heavy atom. The average molecular weight is 379 g/mol. The molecule has 0 atom stereocenters. The second-order valence-electron chi connectivity index (χ2n) is 8.83. The predicted molar refractivity (Wildman–Crippen MR) is 108 cm³/mol. The van der Waals surface area contributed by atoms with E-state index in [4.69, 9.17) is 0 Å². The molecule has 3 rings (SSSR count). The molecule has 0 radical (unpaired) electrons. The fourth-order valence-corrected chi connectivity index (χ4v) is 4.88. The monoisotopic (exact) mass is 378 g/mol. The maximum atomic E-state index is 12.7. The summed E-state index contributed by atoms with van der Waals surface area (Å²) < 4.78 is 0. The smallest absolute Gasteiger partial charge is 0.239 e. The van der Waals surface area contributed by atoms with Gasteiger partial charge >= 0.3 is 0 Å². The molecule has 3 aliphatic heterocycles. The predicted octanol–water partition coefficient (Wildman–Crippen LogP) is 1.85. The number of nitrogens with zero attached hydrogens (tertiary/aromatic N) is 3. The van der Waals surface area contributed by atoms with Crippen LogP contribution in [0.3, 0.4) is 0 Å². The van der Waals surface area contributed by atoms with E-state index in [2.05, 4.69) is 22.2 Å². The quantitative estimate of drug-likeness (QED) is 0.793. The van der Waals surface area contributed by atoms with Crippen molar-refractivity contribution in [1.29, 1.82) is 0 Å². The third-order valence-electron chi connectivity index (χ3n) is 6.82. The fraction of sp³-hybridized carbons (Fsp3) is 0.905. The Balaban J connectivity index is 1.55. The molecule has 1 N–H and O–H groups in total. The molecule has 27 heavy (non-hydrogen) atoms. The van der Waals surface area contributed by atoms with Crippen LogP contribution >= 0.6 is 0 Å². The number of carbonyl (C=O) groups excluding carboxylic acids is 2. The molecule has 0 aromatic heterocycles. The van der Waals surface area contributed by atoms with E-state index in [1.807, 2.05) is 0 Å². The standard InChI is InChI=1S/C21H38N4O2/c1-23-15-10-21(11-16-23,25-13-7-4-8-14-25)18-22-19(26)17-24-12-6-3-2-5-9-20(24)27/h2-18H2,1H3,(H,22,26). The molecule has 154 valence electrons. The van der Waals surface area contributed by atoms with E-state index in [9.17, 15) is 9.59 Å². The topological polar surface area (TPSA) is 55.9 Å². The molecule has 0 aliphatic carbocycles. The first-order chi connectivity index (χ1) is 13.1. The van der Waals surface area contributed by atoms with Gasteiger partial charge in [-0.05, 0) is 71.8 Å². The van der Waals surface area contributed by atoms with E-state index in [1.54, 1.807) is 4.90 Å². The number of rotatable bonds is 5. The second kappa shape index (κ2) is 9.87. The van der Waals surface area contributed by atoms with Gasteiger partial charge in [-0.1, -0.05) is 19.3 Å². The van der Waals surface area contributed by atoms with Gasteiger partial charge in [0.2, 0.25) is 11.8 Å². The molecule has 6 nitrogen and oxygen atoms in total. The van der Waals surface area contributed by atoms with E-state index in [0.29, 0.717) is 6.42 Å². The summed E-state index contributed by atoms with van der Waals surface area (Å²) in [5.74, 6) is 0.161. The molecule has 0 unspecified atom stereocenters. The molecule has 0 aromatic carbocycles. The van der Waals surface area contributed by atoms with Crippen LogP contribution in [0.15, 0.2) is 0 Å². The minimum Gasteiger partial charge on any atom is -0.353 e. The first kappa shape index (κ1) is 20.6. The Bertz CT molecular complexity index is 496. The minimum absolute atomic E-state index is 0.0132. The number of carbonyl (C=O) groups is 2. The lowest BCUT2D eigenvalue weighted by Gasteiger charge is -2.50. The van der Waals surface area contributed by atoms with Crippen LogP contribution in [0, 0.1) is 0 Å². The average Bonchev–Trinajstić information content (AvgIpc) is 2.68. The van der Waals surface area contributed by atoms with Gasteiger partial charge in [0.05, 0.1) is 6.54 Å². The number of piperidine rings is 2. The SMILES string of the molecule is CN1CCC(CNC(=O)CN2CCCCCCC2=O)(N2CCCCC2)CC1. The first-order valence-corrected chi connectivity index (χ1v) is 11.1. The van der Waals surface area contributed by atoms with Gasteiger partial charge in [0.25, 0.3) is 0 Å². The van der Waals surface area contributed by atoms with Crippen molar-refractivity contribution in [3.8, 4) is 0 Å². The normalized spacial score (nSPS) is 25.7. The van der Waals surface area contributed by atoms with Crippen LogP contribution in [0.25, 0.3) is 0 Å². The molecule has 0 spiro atoms. The number of likely N-dealkylation sites (tertiary alicyclic amines) is 3. The Kier molecular flexibility index (Phi) is 7.53. The summed E-state index contributed by atoms with van der Waals surface area (Å²) in [7, 11) is 2.19. The molecule has 3 saturated heterocycles. The van der Waals surface area contributed by atoms with E-state index in [1.165, 1.54) is 19.3 Å². The van der Waals surface area contributed by atoms with Crippen molar-refractivity contribution in [1.82, 2.24) is 20.0 Å². The molecule has 0 bridgehead atoms. The third kappa shape index (κ3) is 5.67. The molecular formula is C21H38N4O2. The molecule has 3 fully saturated rings. The summed E-state index contributed by atoms with van der Waals surface area (Å²) in [5, 5.41) is 3.22. The van der Waals surface area contributed by atoms with E-state index < -0.39 is 0 Å². The first-order valence-electron chi connectivity index (χ1n) is 11.1. The van der Waals surface area contributed by atoms with Gasteiger partial charge in [-0.3, -0.25) is 14.5 Å². The van der Waals surface area contributed by atoms with Crippen molar-refractivity contribution in [2.24, 2.45) is 0 Å². The highest BCUT2D eigenvalue weighted by atomic mass is 16.2. The lowest BCUT2D eigenvalue weighted by Crippen LogP contribution is -2.61. The van der Waals surface area contributed by atoms with Crippen molar-refractivity contribution in [2.45, 2.75) is 69.7 Å². The van der Waals surface area contributed by atoms with Crippen LogP contribution in [-0.2, 0) is 9.59 Å². The van der Waals surface area contributed by atoms with Crippen molar-refractivity contribution in [3.05, 3.63) is 0 Å². The van der Waals surface area contributed by atoms with Crippen molar-refractivity contribution >= 4 is 11.8 Å². The van der Waals surface area contributed by atoms with Crippen molar-refractivity contribution in [3.63, 3.8) is 0 Å². The van der Waals surface area contributed by atoms with E-state index in [-0.39, 0.29) is 23.9 Å². The Hall–Kier alpha value is -1.14. The number of hydrogen-bond donors (Lipinski definition) is 1. The van der Waals surface area contributed by atoms with Crippen LogP contribution in [0.2, 0.25) is 0 Å². The molecule has 3 aliphatic rings. The van der Waals surface area contributed by atoms with Crippen LogP contribution in [0.1, 0.15) is 64.2 Å². The summed E-state index contributed by atoms with van der Waals surface area (Å²) in [6.45, 7) is 6.19. The minimum atomic E-state index is 0.0132. The summed E-state index contributed by atoms with van der Waals surface area (Å²) >= 11 is 0. The Morgan fingerprint density at radius 3 is 2.30 bits per heavy atom. The molecule has 3 heterocycles. The molecule has 2 amide bonds. The van der Waals surface area contributed by atoms with Crippen LogP contribution in [-0.4, -0.2) is 84.9 Å². The van der Waals surface area contributed by atoms with Gasteiger partial charge in [-0.2, -0.15) is 0 Å². The van der Waals surface area contributed by atoms with Gasteiger partial charge < -0.3 is 15.1 Å². The highest BCUT2D eigenvalue weighted by Gasteiger charge is 2.39. The van der Waals surface area contributed by atoms with Gasteiger partial charge in [-0.25, -0.2) is 0 Å². The van der Waals surface area contributed by atoms with Gasteiger partial charge in [0.15, 0.2) is 0 Å². The Morgan fingerprint density at radius 1 is 0.926 bits per heavy atom. The van der Waals surface area contributed by atoms with Crippen LogP contribution in [0.5, 0.6) is 0 Å². The molecular weight excluding hydrogens is 340 g/mol. The summed E-state index contributed by atoms with van der Waals surface area (Å²) in [5.41, 5.74) is 0.100. The number of nitrogens with one attached hydrogen (secondary N) is 1. The summed E-state index contributed by atoms with van der Waals surface area (Å²) in [4.78, 5) is 31.8. The maximum Gasteiger partial charge on any atom is 0.239 e. The van der Waals surface area contributed by atoms with E-state index in [0.717, 1.165) is 77.8 Å². The molecule has 0 aromatic rings. The number of amides is 2. The second-order valence-corrected chi connectivity index (χ2v) is 8.83.